The maximum absolute atomic E-state index is 11.0. The number of hydrogen-bond acceptors (Lipinski definition) is 5. The van der Waals surface area contributed by atoms with E-state index in [1.54, 1.807) is 0 Å². The Kier molecular flexibility index (Phi) is 3.45. The highest BCUT2D eigenvalue weighted by Crippen LogP contribution is 1.99. The van der Waals surface area contributed by atoms with Gasteiger partial charge in [-0.15, -0.1) is 9.79 Å². The molecule has 0 aliphatic carbocycles. The number of nitrogens with zero attached hydrogens (tertiary/aromatic N) is 2. The van der Waals surface area contributed by atoms with Gasteiger partial charge in [-0.25, -0.2) is 4.98 Å². The Bertz CT molecular complexity index is 529. The van der Waals surface area contributed by atoms with Gasteiger partial charge in [0.25, 0.3) is 5.56 Å². The maximum atomic E-state index is 11.0. The van der Waals surface area contributed by atoms with Crippen LogP contribution in [-0.2, 0) is 4.57 Å². The summed E-state index contributed by atoms with van der Waals surface area (Å²) in [6, 6.07) is 0. The Balaban J connectivity index is 0.000000245. The number of fused-ring (bicyclic) bond motifs is 1. The number of nitrogens with one attached hydrogen (secondary N) is 2. The quantitative estimate of drug-likeness (QED) is 0.359. The van der Waals surface area contributed by atoms with Crippen molar-refractivity contribution in [3.05, 3.63) is 16.7 Å². The van der Waals surface area contributed by atoms with Crippen molar-refractivity contribution in [3.63, 3.8) is 0 Å². The Labute approximate surface area is 83.0 Å². The predicted octanol–water partition coefficient (Wildman–Crippen LogP) is -1.14. The van der Waals surface area contributed by atoms with E-state index in [0.29, 0.717) is 11.2 Å². The van der Waals surface area contributed by atoms with Gasteiger partial charge < -0.3 is 10.7 Å². The van der Waals surface area contributed by atoms with Crippen LogP contribution in [0, 0.1) is 0 Å². The molecule has 0 spiro atoms. The summed E-state index contributed by atoms with van der Waals surface area (Å²) in [5.74, 6) is 0.0783. The fourth-order valence-electron chi connectivity index (χ4n) is 0.860. The van der Waals surface area contributed by atoms with Gasteiger partial charge in [-0.3, -0.25) is 9.78 Å². The number of nitrogen functional groups attached to an aromatic ring is 1. The molecule has 0 aliphatic heterocycles. The molecule has 0 saturated heterocycles. The number of aromatic amines is 2. The molecule has 0 bridgehead atoms. The van der Waals surface area contributed by atoms with Crippen LogP contribution in [0.2, 0.25) is 0 Å². The summed E-state index contributed by atoms with van der Waals surface area (Å²) in [6.45, 7) is 0. The van der Waals surface area contributed by atoms with Crippen LogP contribution in [0.15, 0.2) is 11.1 Å². The number of aromatic nitrogens is 4. The molecule has 15 heavy (non-hydrogen) atoms. The number of anilines is 1. The summed E-state index contributed by atoms with van der Waals surface area (Å²) in [7, 11) is -2.87. The molecule has 0 amide bonds. The number of hydrogen-bond donors (Lipinski definition) is 5. The molecule has 80 valence electrons. The first-order valence-electron chi connectivity index (χ1n) is 3.54. The van der Waals surface area contributed by atoms with Gasteiger partial charge in [-0.2, -0.15) is 4.98 Å². The van der Waals surface area contributed by atoms with E-state index in [1.165, 1.54) is 6.33 Å². The summed E-state index contributed by atoms with van der Waals surface area (Å²) in [5, 5.41) is 0. The lowest BCUT2D eigenvalue weighted by molar-refractivity contribution is 0.405. The molecule has 2 heterocycles. The van der Waals surface area contributed by atoms with Crippen molar-refractivity contribution in [2.45, 2.75) is 0 Å². The zero-order valence-electron chi connectivity index (χ0n) is 7.21. The Morgan fingerprint density at radius 1 is 1.47 bits per heavy atom. The van der Waals surface area contributed by atoms with E-state index < -0.39 is 8.25 Å². The van der Waals surface area contributed by atoms with Crippen LogP contribution in [0.25, 0.3) is 11.2 Å². The number of imidazole rings is 1. The highest BCUT2D eigenvalue weighted by Gasteiger charge is 2.01. The number of rotatable bonds is 0. The minimum atomic E-state index is -2.87. The first-order chi connectivity index (χ1) is 7.00. The first kappa shape index (κ1) is 11.2. The molecule has 2 aromatic heterocycles. The van der Waals surface area contributed by atoms with Crippen LogP contribution < -0.4 is 11.3 Å². The number of nitrogens with two attached hydrogens (primary N) is 1. The van der Waals surface area contributed by atoms with E-state index in [0.717, 1.165) is 0 Å². The van der Waals surface area contributed by atoms with Crippen molar-refractivity contribution in [3.8, 4) is 0 Å². The predicted molar refractivity (Wildman–Crippen MR) is 51.0 cm³/mol. The second-order valence-corrected chi connectivity index (χ2v) is 2.81. The molecule has 0 aliphatic rings. The lowest BCUT2D eigenvalue weighted by Crippen LogP contribution is -2.10. The minimum absolute atomic E-state index is 0.0783. The molecule has 0 aromatic carbocycles. The van der Waals surface area contributed by atoms with E-state index >= 15 is 0 Å². The summed E-state index contributed by atoms with van der Waals surface area (Å²) in [6.07, 6.45) is 1.40. The lowest BCUT2D eigenvalue weighted by Gasteiger charge is -1.89. The standard InChI is InChI=1S/C5H5N5O.HO3P/c6-5-9-3-2(4(11)10-5)7-1-8-3;1-4(2)3/h1H,(H4,6,7,8,9,10,11);(H-,1,2,3)/p+1. The van der Waals surface area contributed by atoms with Crippen molar-refractivity contribution in [1.82, 2.24) is 19.9 Å². The van der Waals surface area contributed by atoms with E-state index in [9.17, 15) is 4.79 Å². The smallest absolute Gasteiger partial charge is 0.369 e. The monoisotopic (exact) mass is 232 g/mol. The van der Waals surface area contributed by atoms with E-state index in [-0.39, 0.29) is 11.5 Å². The van der Waals surface area contributed by atoms with Crippen molar-refractivity contribution in [2.75, 3.05) is 5.73 Å². The average molecular weight is 232 g/mol. The van der Waals surface area contributed by atoms with Crippen LogP contribution in [0.1, 0.15) is 0 Å². The van der Waals surface area contributed by atoms with Crippen LogP contribution in [0.3, 0.4) is 0 Å². The largest absolute Gasteiger partial charge is 0.692 e. The van der Waals surface area contributed by atoms with E-state index in [4.69, 9.17) is 20.1 Å². The Hall–Kier alpha value is -1.83. The van der Waals surface area contributed by atoms with Crippen molar-refractivity contribution in [1.29, 1.82) is 0 Å². The average Bonchev–Trinajstić information content (AvgIpc) is 2.50. The summed E-state index contributed by atoms with van der Waals surface area (Å²) < 4.78 is 8.70. The minimum Gasteiger partial charge on any atom is -0.369 e. The third-order valence-corrected chi connectivity index (χ3v) is 1.31. The maximum Gasteiger partial charge on any atom is 0.692 e. The molecular formula is C5H7N5O4P+. The normalized spacial score (nSPS) is 9.47. The third kappa shape index (κ3) is 3.09. The summed E-state index contributed by atoms with van der Waals surface area (Å²) in [5.41, 5.74) is 5.65. The molecule has 0 fully saturated rings. The molecule has 0 radical (unpaired) electrons. The zero-order chi connectivity index (χ0) is 11.4. The fourth-order valence-corrected chi connectivity index (χ4v) is 0.860. The first-order valence-corrected chi connectivity index (χ1v) is 4.71. The molecular weight excluding hydrogens is 225 g/mol. The van der Waals surface area contributed by atoms with Gasteiger partial charge >= 0.3 is 8.25 Å². The SMILES string of the molecule is Nc1nc2nc[nH]c2c(=O)[nH]1.O=[P+](O)O. The van der Waals surface area contributed by atoms with Gasteiger partial charge in [0.15, 0.2) is 11.2 Å². The molecule has 0 unspecified atom stereocenters. The third-order valence-electron chi connectivity index (χ3n) is 1.31. The van der Waals surface area contributed by atoms with Crippen LogP contribution in [0.5, 0.6) is 0 Å². The second-order valence-electron chi connectivity index (χ2n) is 2.31. The highest BCUT2D eigenvalue weighted by molar-refractivity contribution is 7.30. The molecule has 2 aromatic rings. The van der Waals surface area contributed by atoms with E-state index in [1.807, 2.05) is 0 Å². The second kappa shape index (κ2) is 4.60. The molecule has 6 N–H and O–H groups in total. The topological polar surface area (TPSA) is 158 Å². The summed E-state index contributed by atoms with van der Waals surface area (Å²) in [4.78, 5) is 37.8. The van der Waals surface area contributed by atoms with Crippen LogP contribution in [0.4, 0.5) is 5.95 Å². The van der Waals surface area contributed by atoms with Gasteiger partial charge in [0.2, 0.25) is 5.95 Å². The van der Waals surface area contributed by atoms with Gasteiger partial charge in [0, 0.05) is 4.57 Å². The molecule has 2 rings (SSSR count). The molecule has 10 heteroatoms. The zero-order valence-corrected chi connectivity index (χ0v) is 8.10. The van der Waals surface area contributed by atoms with Crippen molar-refractivity contribution < 1.29 is 14.4 Å². The van der Waals surface area contributed by atoms with E-state index in [2.05, 4.69) is 19.9 Å². The molecule has 0 saturated carbocycles. The fraction of sp³-hybridized carbons (Fsp3) is 0. The highest BCUT2D eigenvalue weighted by atomic mass is 31.1. The Morgan fingerprint density at radius 3 is 2.67 bits per heavy atom. The van der Waals surface area contributed by atoms with Gasteiger partial charge in [-0.1, -0.05) is 0 Å². The van der Waals surface area contributed by atoms with Gasteiger partial charge in [0.1, 0.15) is 0 Å². The van der Waals surface area contributed by atoms with Crippen LogP contribution >= 0.6 is 8.25 Å². The van der Waals surface area contributed by atoms with Gasteiger partial charge in [-0.05, 0) is 0 Å². The van der Waals surface area contributed by atoms with Gasteiger partial charge in [0.05, 0.1) is 6.33 Å². The molecule has 9 nitrogen and oxygen atoms in total. The Morgan fingerprint density at radius 2 is 2.07 bits per heavy atom. The van der Waals surface area contributed by atoms with Crippen LogP contribution in [-0.4, -0.2) is 29.7 Å². The summed E-state index contributed by atoms with van der Waals surface area (Å²) >= 11 is 0. The number of H-pyrrole nitrogens is 2. The van der Waals surface area contributed by atoms with Crippen molar-refractivity contribution in [2.24, 2.45) is 0 Å². The molecule has 0 atom stereocenters. The lowest BCUT2D eigenvalue weighted by atomic mass is 10.5. The van der Waals surface area contributed by atoms with Crippen molar-refractivity contribution >= 4 is 25.4 Å².